The first kappa shape index (κ1) is 44.6. The first-order chi connectivity index (χ1) is 26.2. The number of fused-ring (bicyclic) bond motifs is 2. The molecule has 1 unspecified atom stereocenters. The maximum absolute atomic E-state index is 12.5. The third-order valence-electron chi connectivity index (χ3n) is 11.0. The first-order valence-electron chi connectivity index (χ1n) is 19.5. The van der Waals surface area contributed by atoms with Gasteiger partial charge in [-0.1, -0.05) is 51.8 Å². The Hall–Kier alpha value is -4.11. The molecule has 2 amide bonds. The molecule has 0 saturated heterocycles. The molecule has 1 atom stereocenters. The molecule has 0 saturated carbocycles. The van der Waals surface area contributed by atoms with Gasteiger partial charge in [0.1, 0.15) is 6.54 Å². The van der Waals surface area contributed by atoms with Crippen LogP contribution in [0.5, 0.6) is 0 Å². The number of benzene rings is 2. The average Bonchev–Trinajstić information content (AvgIpc) is 3.47. The van der Waals surface area contributed by atoms with Gasteiger partial charge < -0.3 is 16.0 Å². The van der Waals surface area contributed by atoms with Crippen molar-refractivity contribution in [3.8, 4) is 0 Å². The summed E-state index contributed by atoms with van der Waals surface area (Å²) in [6.45, 7) is 14.0. The molecule has 2 aliphatic heterocycles. The first-order valence-corrected chi connectivity index (χ1v) is 22.4. The average molecular weight is 812 g/mol. The van der Waals surface area contributed by atoms with Crippen LogP contribution in [0.25, 0.3) is 0 Å². The predicted octanol–water partition coefficient (Wildman–Crippen LogP) is 7.12. The number of allylic oxidation sites excluding steroid dienone is 6. The van der Waals surface area contributed by atoms with E-state index < -0.39 is 31.1 Å². The van der Waals surface area contributed by atoms with Crippen LogP contribution in [-0.2, 0) is 40.7 Å². The fraction of sp³-hybridized carbons (Fsp3) is 0.500. The van der Waals surface area contributed by atoms with Crippen molar-refractivity contribution in [1.82, 2.24) is 5.32 Å². The number of rotatable bonds is 20. The minimum absolute atomic E-state index is 0.00197. The number of nitrogens with two attached hydrogens (primary N) is 1. The highest BCUT2D eigenvalue weighted by Gasteiger charge is 2.45. The van der Waals surface area contributed by atoms with E-state index >= 15 is 0 Å². The number of amides is 2. The van der Waals surface area contributed by atoms with Crippen molar-refractivity contribution >= 4 is 49.1 Å². The molecular formula is C42H59N4O8S2+. The topological polar surface area (TPSA) is 187 Å². The third kappa shape index (κ3) is 10.4. The third-order valence-corrected chi connectivity index (χ3v) is 12.7. The summed E-state index contributed by atoms with van der Waals surface area (Å²) in [5.74, 6) is -0.358. The number of carbonyl (C=O) groups is 2. The van der Waals surface area contributed by atoms with Gasteiger partial charge in [-0.05, 0) is 94.8 Å². The number of likely N-dealkylation sites (N-methyl/N-ethyl adjacent to an activating group) is 1. The van der Waals surface area contributed by atoms with Crippen molar-refractivity contribution in [1.29, 1.82) is 0 Å². The Bertz CT molecular complexity index is 2130. The second-order valence-corrected chi connectivity index (χ2v) is 18.5. The van der Waals surface area contributed by atoms with Gasteiger partial charge in [0.15, 0.2) is 5.71 Å². The number of nitrogens with one attached hydrogen (secondary N) is 1. The molecule has 14 heteroatoms. The highest BCUT2D eigenvalue weighted by molar-refractivity contribution is 7.86. The van der Waals surface area contributed by atoms with Crippen molar-refractivity contribution in [2.45, 2.75) is 120 Å². The van der Waals surface area contributed by atoms with Crippen LogP contribution in [0.3, 0.4) is 0 Å². The summed E-state index contributed by atoms with van der Waals surface area (Å²) >= 11 is 0. The molecule has 0 radical (unpaired) electrons. The summed E-state index contributed by atoms with van der Waals surface area (Å²) in [7, 11) is -8.76. The lowest BCUT2D eigenvalue weighted by Gasteiger charge is -2.25. The zero-order valence-electron chi connectivity index (χ0n) is 33.5. The lowest BCUT2D eigenvalue weighted by atomic mass is 9.81. The zero-order chi connectivity index (χ0) is 41.5. The SMILES string of the molecule is CCCC(CCCCNC(=O)CCCCC[N+]1=C(C=CC=CC=C2N(CC)c3ccc(S(=O)(=O)O)cc3C2(C)C)C(C)(C)c2cc(S(=O)(=O)O)ccc21)C(N)=O. The van der Waals surface area contributed by atoms with Crippen LogP contribution >= 0.6 is 0 Å². The minimum Gasteiger partial charge on any atom is -0.369 e. The Morgan fingerprint density at radius 2 is 1.50 bits per heavy atom. The second kappa shape index (κ2) is 18.4. The van der Waals surface area contributed by atoms with Crippen molar-refractivity contribution in [3.63, 3.8) is 0 Å². The number of carbonyl (C=O) groups excluding carboxylic acids is 2. The molecule has 0 spiro atoms. The van der Waals surface area contributed by atoms with Crippen LogP contribution in [0.1, 0.15) is 110 Å². The van der Waals surface area contributed by atoms with Crippen LogP contribution in [0.15, 0.2) is 82.3 Å². The van der Waals surface area contributed by atoms with Crippen molar-refractivity contribution in [2.75, 3.05) is 24.5 Å². The van der Waals surface area contributed by atoms with Gasteiger partial charge in [0.2, 0.25) is 17.5 Å². The van der Waals surface area contributed by atoms with E-state index in [-0.39, 0.29) is 27.5 Å². The summed E-state index contributed by atoms with van der Waals surface area (Å²) in [4.78, 5) is 25.9. The Kier molecular flexibility index (Phi) is 14.7. The quantitative estimate of drug-likeness (QED) is 0.0468. The molecule has 4 rings (SSSR count). The highest BCUT2D eigenvalue weighted by Crippen LogP contribution is 2.48. The van der Waals surface area contributed by atoms with E-state index in [4.69, 9.17) is 5.73 Å². The van der Waals surface area contributed by atoms with Crippen molar-refractivity contribution in [3.05, 3.63) is 83.6 Å². The molecule has 2 aromatic rings. The van der Waals surface area contributed by atoms with Crippen LogP contribution in [0.4, 0.5) is 11.4 Å². The maximum atomic E-state index is 12.5. The van der Waals surface area contributed by atoms with E-state index in [1.54, 1.807) is 12.1 Å². The molecule has 5 N–H and O–H groups in total. The molecule has 0 fully saturated rings. The zero-order valence-corrected chi connectivity index (χ0v) is 35.2. The van der Waals surface area contributed by atoms with Crippen LogP contribution in [-0.4, -0.2) is 67.7 Å². The summed E-state index contributed by atoms with van der Waals surface area (Å²) in [5, 5.41) is 2.98. The number of anilines is 1. The molecule has 2 aliphatic rings. The monoisotopic (exact) mass is 811 g/mol. The lowest BCUT2D eigenvalue weighted by Crippen LogP contribution is -2.28. The lowest BCUT2D eigenvalue weighted by molar-refractivity contribution is -0.438. The molecule has 12 nitrogen and oxygen atoms in total. The number of hydrogen-bond acceptors (Lipinski definition) is 7. The number of nitrogens with zero attached hydrogens (tertiary/aromatic N) is 2. The summed E-state index contributed by atoms with van der Waals surface area (Å²) in [5.41, 5.74) is 9.63. The molecular weight excluding hydrogens is 753 g/mol. The van der Waals surface area contributed by atoms with Gasteiger partial charge in [0.05, 0.1) is 15.2 Å². The van der Waals surface area contributed by atoms with E-state index in [9.17, 15) is 35.5 Å². The molecule has 0 aromatic heterocycles. The summed E-state index contributed by atoms with van der Waals surface area (Å²) in [6, 6.07) is 9.35. The van der Waals surface area contributed by atoms with Gasteiger partial charge in [-0.25, -0.2) is 0 Å². The van der Waals surface area contributed by atoms with Crippen LogP contribution < -0.4 is 16.0 Å². The fourth-order valence-corrected chi connectivity index (χ4v) is 8.92. The summed E-state index contributed by atoms with van der Waals surface area (Å²) in [6.07, 6.45) is 16.6. The van der Waals surface area contributed by atoms with E-state index in [2.05, 4.69) is 14.8 Å². The molecule has 2 aromatic carbocycles. The van der Waals surface area contributed by atoms with E-state index in [0.29, 0.717) is 32.5 Å². The van der Waals surface area contributed by atoms with Crippen molar-refractivity contribution < 1.29 is 40.1 Å². The van der Waals surface area contributed by atoms with Crippen LogP contribution in [0, 0.1) is 5.92 Å². The van der Waals surface area contributed by atoms with Gasteiger partial charge in [0.25, 0.3) is 20.2 Å². The number of hydrogen-bond donors (Lipinski definition) is 4. The Labute approximate surface area is 333 Å². The summed E-state index contributed by atoms with van der Waals surface area (Å²) < 4.78 is 69.5. The van der Waals surface area contributed by atoms with Crippen LogP contribution in [0.2, 0.25) is 0 Å². The Morgan fingerprint density at radius 1 is 0.839 bits per heavy atom. The number of unbranched alkanes of at least 4 members (excludes halogenated alkanes) is 3. The molecule has 306 valence electrons. The Balaban J connectivity index is 1.45. The van der Waals surface area contributed by atoms with E-state index in [1.807, 2.05) is 71.9 Å². The second-order valence-electron chi connectivity index (χ2n) is 15.7. The Morgan fingerprint density at radius 3 is 2.12 bits per heavy atom. The normalized spacial score (nSPS) is 17.6. The van der Waals surface area contributed by atoms with E-state index in [0.717, 1.165) is 78.9 Å². The van der Waals surface area contributed by atoms with Gasteiger partial charge in [0, 0.05) is 66.4 Å². The minimum atomic E-state index is -4.41. The van der Waals surface area contributed by atoms with Gasteiger partial charge in [-0.15, -0.1) is 0 Å². The number of primary amides is 1. The van der Waals surface area contributed by atoms with Gasteiger partial charge >= 0.3 is 0 Å². The predicted molar refractivity (Wildman–Crippen MR) is 221 cm³/mol. The molecule has 2 heterocycles. The van der Waals surface area contributed by atoms with E-state index in [1.165, 1.54) is 24.3 Å². The maximum Gasteiger partial charge on any atom is 0.294 e. The smallest absolute Gasteiger partial charge is 0.294 e. The molecule has 0 bridgehead atoms. The largest absolute Gasteiger partial charge is 0.369 e. The van der Waals surface area contributed by atoms with Gasteiger partial charge in [-0.3, -0.25) is 18.7 Å². The van der Waals surface area contributed by atoms with Gasteiger partial charge in [-0.2, -0.15) is 21.4 Å². The molecule has 56 heavy (non-hydrogen) atoms. The molecule has 0 aliphatic carbocycles. The standard InChI is InChI=1S/C42H58N4O8S2/c1-7-17-30(40(43)48)18-14-15-26-44-39(47)21-13-10-16-27-46-36-25-23-32(56(52,53)54)29-34(36)42(5,6)38(46)20-12-9-11-19-37-41(3,4)33-28-31(55(49,50)51)22-24-35(33)45(37)8-2/h9,11-12,19-20,22-25,28-30H,7-8,10,13-18,21,26-27H2,1-6H3,(H4-,43,44,47,48,49,50,51,52,53,54)/p+1. The van der Waals surface area contributed by atoms with Crippen molar-refractivity contribution in [2.24, 2.45) is 11.7 Å². The fourth-order valence-electron chi connectivity index (χ4n) is 7.91. The highest BCUT2D eigenvalue weighted by atomic mass is 32.2.